The van der Waals surface area contributed by atoms with Gasteiger partial charge in [-0.05, 0) is 50.2 Å². The lowest BCUT2D eigenvalue weighted by Gasteiger charge is -2.11. The Morgan fingerprint density at radius 1 is 0.955 bits per heavy atom. The summed E-state index contributed by atoms with van der Waals surface area (Å²) in [7, 11) is 0. The van der Waals surface area contributed by atoms with Crippen molar-refractivity contribution in [3.8, 4) is 11.5 Å². The summed E-state index contributed by atoms with van der Waals surface area (Å²) in [6, 6.07) is 13.6. The second-order valence-corrected chi connectivity index (χ2v) is 5.11. The van der Waals surface area contributed by atoms with Crippen LogP contribution in [0.15, 0.2) is 48.5 Å². The van der Waals surface area contributed by atoms with Gasteiger partial charge in [0.1, 0.15) is 11.5 Å². The van der Waals surface area contributed by atoms with Crippen molar-refractivity contribution in [1.29, 1.82) is 0 Å². The van der Waals surface area contributed by atoms with Crippen molar-refractivity contribution in [2.24, 2.45) is 0 Å². The summed E-state index contributed by atoms with van der Waals surface area (Å²) in [5.74, 6) is 0.316. The van der Waals surface area contributed by atoms with E-state index in [0.717, 1.165) is 0 Å². The Kier molecular flexibility index (Phi) is 4.94. The smallest absolute Gasteiger partial charge is 0.308 e. The maximum atomic E-state index is 12.6. The van der Waals surface area contributed by atoms with Crippen LogP contribution >= 0.6 is 0 Å². The molecule has 2 aromatic rings. The number of carbonyl (C=O) groups excluding carboxylic acids is 2. The molecule has 2 rings (SSSR count). The average molecular weight is 298 g/mol. The standard InChI is InChI=1S/C18H18O4/c1-12(2)21-15-10-8-14(9-11-15)18(20)16-6-4-5-7-17(16)22-13(3)19/h4-12H,1-3H3. The van der Waals surface area contributed by atoms with E-state index in [1.54, 1.807) is 48.5 Å². The Hall–Kier alpha value is -2.62. The van der Waals surface area contributed by atoms with Gasteiger partial charge in [0.25, 0.3) is 0 Å². The Labute approximate surface area is 129 Å². The van der Waals surface area contributed by atoms with E-state index < -0.39 is 5.97 Å². The highest BCUT2D eigenvalue weighted by atomic mass is 16.5. The molecule has 2 aromatic carbocycles. The van der Waals surface area contributed by atoms with Crippen LogP contribution in [0.2, 0.25) is 0 Å². The van der Waals surface area contributed by atoms with Crippen molar-refractivity contribution in [2.45, 2.75) is 26.9 Å². The molecule has 22 heavy (non-hydrogen) atoms. The fourth-order valence-electron chi connectivity index (χ4n) is 2.01. The van der Waals surface area contributed by atoms with Crippen LogP contribution in [0, 0.1) is 0 Å². The van der Waals surface area contributed by atoms with Crippen molar-refractivity contribution < 1.29 is 19.1 Å². The first kappa shape index (κ1) is 15.8. The molecular formula is C18H18O4. The van der Waals surface area contributed by atoms with Gasteiger partial charge in [-0.2, -0.15) is 0 Å². The van der Waals surface area contributed by atoms with Crippen molar-refractivity contribution in [2.75, 3.05) is 0 Å². The average Bonchev–Trinajstić information content (AvgIpc) is 2.47. The minimum Gasteiger partial charge on any atom is -0.491 e. The number of esters is 1. The van der Waals surface area contributed by atoms with E-state index in [9.17, 15) is 9.59 Å². The third-order valence-corrected chi connectivity index (χ3v) is 2.87. The fourth-order valence-corrected chi connectivity index (χ4v) is 2.01. The number of para-hydroxylation sites is 1. The first-order valence-electron chi connectivity index (χ1n) is 7.06. The second kappa shape index (κ2) is 6.89. The van der Waals surface area contributed by atoms with Crippen LogP contribution in [0.25, 0.3) is 0 Å². The SMILES string of the molecule is CC(=O)Oc1ccccc1C(=O)c1ccc(OC(C)C)cc1. The highest BCUT2D eigenvalue weighted by molar-refractivity contribution is 6.11. The van der Waals surface area contributed by atoms with Crippen LogP contribution in [0.4, 0.5) is 0 Å². The number of benzene rings is 2. The Morgan fingerprint density at radius 2 is 1.59 bits per heavy atom. The number of hydrogen-bond donors (Lipinski definition) is 0. The van der Waals surface area contributed by atoms with Crippen molar-refractivity contribution >= 4 is 11.8 Å². The molecule has 0 aliphatic heterocycles. The summed E-state index contributed by atoms with van der Waals surface area (Å²) < 4.78 is 10.6. The number of ketones is 1. The van der Waals surface area contributed by atoms with Gasteiger partial charge < -0.3 is 9.47 Å². The van der Waals surface area contributed by atoms with E-state index in [0.29, 0.717) is 16.9 Å². The molecule has 0 spiro atoms. The zero-order valence-electron chi connectivity index (χ0n) is 12.8. The maximum absolute atomic E-state index is 12.6. The van der Waals surface area contributed by atoms with Crippen LogP contribution in [0.1, 0.15) is 36.7 Å². The van der Waals surface area contributed by atoms with Gasteiger partial charge >= 0.3 is 5.97 Å². The topological polar surface area (TPSA) is 52.6 Å². The Bertz CT molecular complexity index is 672. The normalized spacial score (nSPS) is 10.4. The highest BCUT2D eigenvalue weighted by Crippen LogP contribution is 2.23. The number of carbonyl (C=O) groups is 2. The van der Waals surface area contributed by atoms with E-state index in [1.165, 1.54) is 6.92 Å². The third-order valence-electron chi connectivity index (χ3n) is 2.87. The van der Waals surface area contributed by atoms with Gasteiger partial charge in [-0.25, -0.2) is 0 Å². The number of rotatable bonds is 5. The summed E-state index contributed by atoms with van der Waals surface area (Å²) in [4.78, 5) is 23.7. The Morgan fingerprint density at radius 3 is 2.18 bits per heavy atom. The molecule has 0 aliphatic rings. The van der Waals surface area contributed by atoms with E-state index in [-0.39, 0.29) is 17.6 Å². The molecule has 0 amide bonds. The van der Waals surface area contributed by atoms with Gasteiger partial charge in [0, 0.05) is 12.5 Å². The molecule has 0 radical (unpaired) electrons. The summed E-state index contributed by atoms with van der Waals surface area (Å²) in [6.45, 7) is 5.18. The molecule has 0 heterocycles. The molecule has 0 fully saturated rings. The van der Waals surface area contributed by atoms with E-state index >= 15 is 0 Å². The molecule has 0 saturated heterocycles. The predicted molar refractivity (Wildman–Crippen MR) is 83.4 cm³/mol. The predicted octanol–water partition coefficient (Wildman–Crippen LogP) is 3.63. The Balaban J connectivity index is 2.26. The number of ether oxygens (including phenoxy) is 2. The third kappa shape index (κ3) is 3.95. The summed E-state index contributed by atoms with van der Waals surface area (Å²) in [5.41, 5.74) is 0.867. The zero-order valence-corrected chi connectivity index (χ0v) is 12.8. The lowest BCUT2D eigenvalue weighted by atomic mass is 10.0. The van der Waals surface area contributed by atoms with Gasteiger partial charge in [-0.15, -0.1) is 0 Å². The molecule has 0 unspecified atom stereocenters. The van der Waals surface area contributed by atoms with Gasteiger partial charge in [0.15, 0.2) is 5.78 Å². The summed E-state index contributed by atoms with van der Waals surface area (Å²) in [6.07, 6.45) is 0.0752. The van der Waals surface area contributed by atoms with Crippen LogP contribution < -0.4 is 9.47 Å². The van der Waals surface area contributed by atoms with E-state index in [2.05, 4.69) is 0 Å². The molecule has 114 valence electrons. The lowest BCUT2D eigenvalue weighted by Crippen LogP contribution is -2.09. The van der Waals surface area contributed by atoms with Gasteiger partial charge in [-0.1, -0.05) is 12.1 Å². The maximum Gasteiger partial charge on any atom is 0.308 e. The van der Waals surface area contributed by atoms with Crippen LogP contribution in [-0.2, 0) is 4.79 Å². The van der Waals surface area contributed by atoms with Crippen LogP contribution in [0.5, 0.6) is 11.5 Å². The molecule has 0 atom stereocenters. The minimum absolute atomic E-state index is 0.0752. The van der Waals surface area contributed by atoms with Crippen molar-refractivity contribution in [3.63, 3.8) is 0 Å². The zero-order chi connectivity index (χ0) is 16.1. The fraction of sp³-hybridized carbons (Fsp3) is 0.222. The summed E-state index contributed by atoms with van der Waals surface area (Å²) in [5, 5.41) is 0. The molecule has 0 N–H and O–H groups in total. The van der Waals surface area contributed by atoms with Gasteiger partial charge in [-0.3, -0.25) is 9.59 Å². The van der Waals surface area contributed by atoms with E-state index in [4.69, 9.17) is 9.47 Å². The molecule has 0 aliphatic carbocycles. The lowest BCUT2D eigenvalue weighted by molar-refractivity contribution is -0.131. The highest BCUT2D eigenvalue weighted by Gasteiger charge is 2.15. The molecule has 4 heteroatoms. The quantitative estimate of drug-likeness (QED) is 0.480. The van der Waals surface area contributed by atoms with Crippen molar-refractivity contribution in [3.05, 3.63) is 59.7 Å². The first-order chi connectivity index (χ1) is 10.5. The van der Waals surface area contributed by atoms with Crippen molar-refractivity contribution in [1.82, 2.24) is 0 Å². The van der Waals surface area contributed by atoms with Crippen LogP contribution in [0.3, 0.4) is 0 Å². The van der Waals surface area contributed by atoms with Gasteiger partial charge in [0.2, 0.25) is 0 Å². The largest absolute Gasteiger partial charge is 0.491 e. The van der Waals surface area contributed by atoms with Gasteiger partial charge in [0.05, 0.1) is 11.7 Å². The minimum atomic E-state index is -0.457. The molecule has 0 aromatic heterocycles. The molecule has 4 nitrogen and oxygen atoms in total. The summed E-state index contributed by atoms with van der Waals surface area (Å²) >= 11 is 0. The van der Waals surface area contributed by atoms with Crippen LogP contribution in [-0.4, -0.2) is 17.9 Å². The molecule has 0 saturated carbocycles. The number of hydrogen-bond acceptors (Lipinski definition) is 4. The van der Waals surface area contributed by atoms with E-state index in [1.807, 2.05) is 13.8 Å². The second-order valence-electron chi connectivity index (χ2n) is 5.11. The molecule has 0 bridgehead atoms. The molecular weight excluding hydrogens is 280 g/mol. The monoisotopic (exact) mass is 298 g/mol. The first-order valence-corrected chi connectivity index (χ1v) is 7.06.